The van der Waals surface area contributed by atoms with Gasteiger partial charge in [-0.25, -0.2) is 26.9 Å². The minimum Gasteiger partial charge on any atom is -0.378 e. The zero-order chi connectivity index (χ0) is 24.3. The van der Waals surface area contributed by atoms with Crippen LogP contribution in [0.25, 0.3) is 11.6 Å². The molecule has 174 valence electrons. The summed E-state index contributed by atoms with van der Waals surface area (Å²) in [6.07, 6.45) is 15.0. The van der Waals surface area contributed by atoms with Crippen LogP contribution in [0.2, 0.25) is 0 Å². The van der Waals surface area contributed by atoms with Gasteiger partial charge in [-0.3, -0.25) is 4.99 Å². The number of rotatable bonds is 1. The van der Waals surface area contributed by atoms with E-state index >= 15 is 0 Å². The van der Waals surface area contributed by atoms with Crippen LogP contribution < -0.4 is 5.32 Å². The molecule has 35 heavy (non-hydrogen) atoms. The van der Waals surface area contributed by atoms with Crippen LogP contribution >= 0.6 is 11.3 Å². The molecular formula is C26H14F5N3S. The summed E-state index contributed by atoms with van der Waals surface area (Å²) >= 11 is 1.14. The fourth-order valence-electron chi connectivity index (χ4n) is 4.25. The Hall–Kier alpha value is -3.85. The molecule has 0 saturated heterocycles. The van der Waals surface area contributed by atoms with Crippen LogP contribution in [0.4, 0.5) is 22.0 Å². The Balaban J connectivity index is 1.60. The molecule has 1 aromatic heterocycles. The molecule has 4 aliphatic heterocycles. The van der Waals surface area contributed by atoms with Crippen LogP contribution in [0.1, 0.15) is 21.7 Å². The average Bonchev–Trinajstić information content (AvgIpc) is 3.64. The highest BCUT2D eigenvalue weighted by Crippen LogP contribution is 2.39. The number of nitrogens with zero attached hydrogens (tertiary/aromatic N) is 2. The van der Waals surface area contributed by atoms with E-state index in [1.165, 1.54) is 6.08 Å². The molecule has 1 unspecified atom stereocenters. The van der Waals surface area contributed by atoms with Gasteiger partial charge in [-0.15, -0.1) is 11.3 Å². The third kappa shape index (κ3) is 3.72. The molecule has 0 aliphatic carbocycles. The first-order valence-electron chi connectivity index (χ1n) is 10.6. The van der Waals surface area contributed by atoms with Crippen molar-refractivity contribution in [1.29, 1.82) is 0 Å². The van der Waals surface area contributed by atoms with Crippen molar-refractivity contribution < 1.29 is 22.0 Å². The SMILES string of the molecule is Fc1c(F)c(F)c(/C2=C3\C=CC(=N3)/C=C3/C=CC(CC4=N/C(=C\c5ccc2s5)C=C4)N3)c(F)c1F. The minimum atomic E-state index is -2.20. The van der Waals surface area contributed by atoms with Crippen molar-refractivity contribution >= 4 is 34.4 Å². The first-order valence-corrected chi connectivity index (χ1v) is 11.5. The highest BCUT2D eigenvalue weighted by atomic mass is 32.1. The summed E-state index contributed by atoms with van der Waals surface area (Å²) in [4.78, 5) is 10.1. The monoisotopic (exact) mass is 495 g/mol. The minimum absolute atomic E-state index is 0.0372. The first-order chi connectivity index (χ1) is 16.9. The lowest BCUT2D eigenvalue weighted by Crippen LogP contribution is -2.23. The maximum absolute atomic E-state index is 14.9. The third-order valence-corrected chi connectivity index (χ3v) is 6.90. The van der Waals surface area contributed by atoms with Gasteiger partial charge in [-0.05, 0) is 54.7 Å². The number of allylic oxidation sites excluding steroid dienone is 6. The van der Waals surface area contributed by atoms with Gasteiger partial charge in [-0.2, -0.15) is 0 Å². The summed E-state index contributed by atoms with van der Waals surface area (Å²) in [5.41, 5.74) is 1.74. The molecule has 4 aliphatic rings. The van der Waals surface area contributed by atoms with Crippen LogP contribution in [0, 0.1) is 29.1 Å². The lowest BCUT2D eigenvalue weighted by molar-refractivity contribution is 0.376. The van der Waals surface area contributed by atoms with Crippen LogP contribution in [0.15, 0.2) is 81.7 Å². The topological polar surface area (TPSA) is 36.8 Å². The number of benzene rings is 1. The summed E-state index contributed by atoms with van der Waals surface area (Å²) in [5.74, 6) is -10.0. The molecule has 1 atom stereocenters. The fourth-order valence-corrected chi connectivity index (χ4v) is 5.26. The molecule has 5 heterocycles. The largest absolute Gasteiger partial charge is 0.378 e. The van der Waals surface area contributed by atoms with Gasteiger partial charge in [0.15, 0.2) is 23.3 Å². The Morgan fingerprint density at radius 1 is 0.800 bits per heavy atom. The van der Waals surface area contributed by atoms with E-state index in [9.17, 15) is 22.0 Å². The number of aliphatic imine (C=N–C) groups is 2. The van der Waals surface area contributed by atoms with E-state index < -0.39 is 34.6 Å². The lowest BCUT2D eigenvalue weighted by Gasteiger charge is -2.12. The van der Waals surface area contributed by atoms with Gasteiger partial charge in [-0.1, -0.05) is 6.08 Å². The Kier molecular flexibility index (Phi) is 5.03. The van der Waals surface area contributed by atoms with Gasteiger partial charge in [0.25, 0.3) is 0 Å². The molecule has 2 aromatic rings. The van der Waals surface area contributed by atoms with Gasteiger partial charge < -0.3 is 5.32 Å². The van der Waals surface area contributed by atoms with Gasteiger partial charge in [0.1, 0.15) is 0 Å². The standard InChI is InChI=1S/C26H14F5N3S/c27-22-21(23(28)25(30)26(31)24(22)29)20-18-7-5-15(34-18)10-14-2-1-12(32-14)9-13-3-4-16(33-13)11-17-6-8-19(20)35-17/h1-8,10-12,32H,9H2/b14-10-,16-11-,20-18+. The van der Waals surface area contributed by atoms with Crippen molar-refractivity contribution in [3.8, 4) is 0 Å². The summed E-state index contributed by atoms with van der Waals surface area (Å²) in [6, 6.07) is 3.32. The molecule has 6 rings (SSSR count). The van der Waals surface area contributed by atoms with Gasteiger partial charge in [0, 0.05) is 33.2 Å². The summed E-state index contributed by atoms with van der Waals surface area (Å²) in [6.45, 7) is 0. The van der Waals surface area contributed by atoms with Crippen LogP contribution in [0.5, 0.6) is 0 Å². The molecule has 0 saturated carbocycles. The van der Waals surface area contributed by atoms with Gasteiger partial charge in [0.05, 0.1) is 28.7 Å². The Labute approximate surface area is 200 Å². The molecule has 3 nitrogen and oxygen atoms in total. The van der Waals surface area contributed by atoms with Crippen LogP contribution in [-0.2, 0) is 0 Å². The number of hydrogen-bond acceptors (Lipinski definition) is 4. The van der Waals surface area contributed by atoms with Crippen molar-refractivity contribution in [2.24, 2.45) is 9.98 Å². The van der Waals surface area contributed by atoms with E-state index in [0.29, 0.717) is 27.6 Å². The second-order valence-corrected chi connectivity index (χ2v) is 9.31. The van der Waals surface area contributed by atoms with Crippen molar-refractivity contribution in [3.05, 3.63) is 116 Å². The summed E-state index contributed by atoms with van der Waals surface area (Å²) < 4.78 is 71.9. The maximum Gasteiger partial charge on any atom is 0.200 e. The number of nitrogens with one attached hydrogen (secondary N) is 1. The molecule has 1 N–H and O–H groups in total. The quantitative estimate of drug-likeness (QED) is 0.278. The second kappa shape index (κ2) is 8.13. The van der Waals surface area contributed by atoms with Crippen molar-refractivity contribution in [2.75, 3.05) is 0 Å². The van der Waals surface area contributed by atoms with E-state index in [-0.39, 0.29) is 17.3 Å². The van der Waals surface area contributed by atoms with Crippen molar-refractivity contribution in [1.82, 2.24) is 5.32 Å². The van der Waals surface area contributed by atoms with E-state index in [1.54, 1.807) is 30.4 Å². The highest BCUT2D eigenvalue weighted by Gasteiger charge is 2.31. The Morgan fingerprint density at radius 3 is 2.37 bits per heavy atom. The predicted octanol–water partition coefficient (Wildman–Crippen LogP) is 6.38. The van der Waals surface area contributed by atoms with Crippen LogP contribution in [-0.4, -0.2) is 17.5 Å². The Morgan fingerprint density at radius 2 is 1.57 bits per heavy atom. The lowest BCUT2D eigenvalue weighted by atomic mass is 9.99. The molecule has 0 spiro atoms. The molecule has 0 amide bonds. The van der Waals surface area contributed by atoms with Crippen LogP contribution in [0.3, 0.4) is 0 Å². The van der Waals surface area contributed by atoms with Crippen molar-refractivity contribution in [2.45, 2.75) is 12.5 Å². The highest BCUT2D eigenvalue weighted by molar-refractivity contribution is 7.14. The smallest absolute Gasteiger partial charge is 0.200 e. The maximum atomic E-state index is 14.9. The molecule has 1 aromatic carbocycles. The van der Waals surface area contributed by atoms with Gasteiger partial charge in [0.2, 0.25) is 5.82 Å². The zero-order valence-electron chi connectivity index (χ0n) is 17.8. The number of fused-ring (bicyclic) bond motifs is 6. The van der Waals surface area contributed by atoms with Crippen molar-refractivity contribution in [3.63, 3.8) is 0 Å². The molecule has 8 bridgehead atoms. The van der Waals surface area contributed by atoms with E-state index in [0.717, 1.165) is 22.7 Å². The number of halogens is 5. The summed E-state index contributed by atoms with van der Waals surface area (Å²) in [7, 11) is 0. The number of hydrogen-bond donors (Lipinski definition) is 1. The predicted molar refractivity (Wildman–Crippen MR) is 126 cm³/mol. The number of thiophene rings is 1. The zero-order valence-corrected chi connectivity index (χ0v) is 18.6. The van der Waals surface area contributed by atoms with E-state index in [1.807, 2.05) is 24.3 Å². The first kappa shape index (κ1) is 21.7. The van der Waals surface area contributed by atoms with E-state index in [4.69, 9.17) is 0 Å². The molecule has 9 heteroatoms. The molecule has 0 radical (unpaired) electrons. The third-order valence-electron chi connectivity index (χ3n) is 5.85. The van der Waals surface area contributed by atoms with Gasteiger partial charge >= 0.3 is 0 Å². The second-order valence-electron chi connectivity index (χ2n) is 8.20. The Bertz CT molecular complexity index is 1520. The molecular weight excluding hydrogens is 481 g/mol. The summed E-state index contributed by atoms with van der Waals surface area (Å²) in [5, 5.41) is 3.35. The fraction of sp³-hybridized carbons (Fsp3) is 0.0769. The average molecular weight is 495 g/mol. The molecule has 0 fully saturated rings. The van der Waals surface area contributed by atoms with E-state index in [2.05, 4.69) is 15.3 Å². The normalized spacial score (nSPS) is 25.2.